The lowest BCUT2D eigenvalue weighted by molar-refractivity contribution is 0.0817. The van der Waals surface area contributed by atoms with Gasteiger partial charge in [0, 0.05) is 19.6 Å². The SMILES string of the molecule is COC(=O)OC/C=C/CN(Cc1ccccc1)Cc1cccc(O)c1Cl. The molecule has 0 atom stereocenters. The first-order valence-corrected chi connectivity index (χ1v) is 8.56. The van der Waals surface area contributed by atoms with Crippen LogP contribution < -0.4 is 0 Å². The summed E-state index contributed by atoms with van der Waals surface area (Å²) in [7, 11) is 1.27. The van der Waals surface area contributed by atoms with E-state index in [9.17, 15) is 9.90 Å². The topological polar surface area (TPSA) is 59.0 Å². The van der Waals surface area contributed by atoms with Gasteiger partial charge in [-0.3, -0.25) is 4.90 Å². The maximum absolute atomic E-state index is 10.9. The summed E-state index contributed by atoms with van der Waals surface area (Å²) in [4.78, 5) is 13.1. The minimum Gasteiger partial charge on any atom is -0.506 e. The van der Waals surface area contributed by atoms with E-state index in [1.807, 2.05) is 30.3 Å². The predicted octanol–water partition coefficient (Wildman–Crippen LogP) is 4.39. The van der Waals surface area contributed by atoms with E-state index < -0.39 is 6.16 Å². The molecule has 2 rings (SSSR count). The van der Waals surface area contributed by atoms with Crippen molar-refractivity contribution in [1.29, 1.82) is 0 Å². The molecule has 0 heterocycles. The van der Waals surface area contributed by atoms with E-state index in [0.717, 1.165) is 12.1 Å². The highest BCUT2D eigenvalue weighted by atomic mass is 35.5. The van der Waals surface area contributed by atoms with Crippen molar-refractivity contribution in [2.45, 2.75) is 13.1 Å². The van der Waals surface area contributed by atoms with Gasteiger partial charge in [0.2, 0.25) is 0 Å². The zero-order valence-corrected chi connectivity index (χ0v) is 15.4. The van der Waals surface area contributed by atoms with Crippen LogP contribution >= 0.6 is 11.6 Å². The first kappa shape index (κ1) is 19.8. The Morgan fingerprint density at radius 1 is 1.12 bits per heavy atom. The van der Waals surface area contributed by atoms with E-state index in [-0.39, 0.29) is 12.4 Å². The summed E-state index contributed by atoms with van der Waals surface area (Å²) in [5, 5.41) is 10.2. The van der Waals surface area contributed by atoms with Gasteiger partial charge in [0.15, 0.2) is 0 Å². The van der Waals surface area contributed by atoms with E-state index in [2.05, 4.69) is 21.8 Å². The second kappa shape index (κ2) is 10.5. The quantitative estimate of drug-likeness (QED) is 0.547. The lowest BCUT2D eigenvalue weighted by Crippen LogP contribution is -2.23. The number of nitrogens with zero attached hydrogens (tertiary/aromatic N) is 1. The average molecular weight is 376 g/mol. The van der Waals surface area contributed by atoms with Gasteiger partial charge in [-0.25, -0.2) is 4.79 Å². The molecule has 0 radical (unpaired) electrons. The number of benzene rings is 2. The standard InChI is InChI=1S/C20H22ClNO4/c1-25-20(24)26-13-6-5-12-22(14-16-8-3-2-4-9-16)15-17-10-7-11-18(23)19(17)21/h2-11,23H,12-15H2,1H3/b6-5+. The third-order valence-electron chi connectivity index (χ3n) is 3.70. The van der Waals surface area contributed by atoms with Crippen LogP contribution in [-0.4, -0.2) is 36.4 Å². The van der Waals surface area contributed by atoms with Crippen LogP contribution in [0, 0.1) is 0 Å². The zero-order chi connectivity index (χ0) is 18.8. The molecule has 5 nitrogen and oxygen atoms in total. The van der Waals surface area contributed by atoms with Gasteiger partial charge in [-0.1, -0.05) is 60.1 Å². The average Bonchev–Trinajstić information content (AvgIpc) is 2.65. The second-order valence-corrected chi connectivity index (χ2v) is 6.02. The maximum atomic E-state index is 10.9. The molecule has 1 N–H and O–H groups in total. The number of hydrogen-bond acceptors (Lipinski definition) is 5. The largest absolute Gasteiger partial charge is 0.508 e. The van der Waals surface area contributed by atoms with Gasteiger partial charge in [0.25, 0.3) is 0 Å². The monoisotopic (exact) mass is 375 g/mol. The third kappa shape index (κ3) is 6.43. The lowest BCUT2D eigenvalue weighted by Gasteiger charge is -2.22. The molecule has 0 unspecified atom stereocenters. The van der Waals surface area contributed by atoms with E-state index >= 15 is 0 Å². The van der Waals surface area contributed by atoms with Crippen molar-refractivity contribution >= 4 is 17.8 Å². The van der Waals surface area contributed by atoms with Crippen LogP contribution in [0.5, 0.6) is 5.75 Å². The maximum Gasteiger partial charge on any atom is 0.508 e. The Hall–Kier alpha value is -2.50. The molecule has 0 spiro atoms. The van der Waals surface area contributed by atoms with Crippen LogP contribution in [0.4, 0.5) is 4.79 Å². The van der Waals surface area contributed by atoms with E-state index in [1.165, 1.54) is 12.7 Å². The molecule has 0 aromatic heterocycles. The van der Waals surface area contributed by atoms with Crippen molar-refractivity contribution in [1.82, 2.24) is 4.90 Å². The molecule has 0 saturated heterocycles. The highest BCUT2D eigenvalue weighted by Crippen LogP contribution is 2.27. The highest BCUT2D eigenvalue weighted by Gasteiger charge is 2.10. The Kier molecular flexibility index (Phi) is 7.99. The molecule has 26 heavy (non-hydrogen) atoms. The summed E-state index contributed by atoms with van der Waals surface area (Å²) in [6.07, 6.45) is 2.98. The number of hydrogen-bond donors (Lipinski definition) is 1. The number of carbonyl (C=O) groups is 1. The number of halogens is 1. The Labute approximate surface area is 158 Å². The van der Waals surface area contributed by atoms with Gasteiger partial charge in [-0.2, -0.15) is 0 Å². The van der Waals surface area contributed by atoms with Crippen molar-refractivity contribution in [2.24, 2.45) is 0 Å². The second-order valence-electron chi connectivity index (χ2n) is 5.64. The summed E-state index contributed by atoms with van der Waals surface area (Å²) in [6.45, 7) is 2.07. The van der Waals surface area contributed by atoms with Crippen LogP contribution in [0.1, 0.15) is 11.1 Å². The fourth-order valence-corrected chi connectivity index (χ4v) is 2.61. The summed E-state index contributed by atoms with van der Waals surface area (Å²) >= 11 is 6.21. The van der Waals surface area contributed by atoms with Crippen molar-refractivity contribution in [3.63, 3.8) is 0 Å². The van der Waals surface area contributed by atoms with Crippen LogP contribution in [0.3, 0.4) is 0 Å². The molecule has 6 heteroatoms. The number of ether oxygens (including phenoxy) is 2. The molecular weight excluding hydrogens is 354 g/mol. The van der Waals surface area contributed by atoms with Gasteiger partial charge in [0.1, 0.15) is 12.4 Å². The number of carbonyl (C=O) groups excluding carboxylic acids is 1. The Bertz CT molecular complexity index is 734. The van der Waals surface area contributed by atoms with E-state index in [0.29, 0.717) is 18.1 Å². The lowest BCUT2D eigenvalue weighted by atomic mass is 10.1. The molecule has 138 valence electrons. The zero-order valence-electron chi connectivity index (χ0n) is 14.6. The molecule has 0 fully saturated rings. The molecule has 0 aliphatic carbocycles. The summed E-state index contributed by atoms with van der Waals surface area (Å²) in [6, 6.07) is 15.3. The number of rotatable bonds is 8. The number of methoxy groups -OCH3 is 1. The predicted molar refractivity (Wildman–Crippen MR) is 101 cm³/mol. The van der Waals surface area contributed by atoms with Gasteiger partial charge in [-0.15, -0.1) is 0 Å². The van der Waals surface area contributed by atoms with E-state index in [1.54, 1.807) is 18.2 Å². The van der Waals surface area contributed by atoms with Crippen LogP contribution in [-0.2, 0) is 22.6 Å². The van der Waals surface area contributed by atoms with Gasteiger partial charge in [0.05, 0.1) is 12.1 Å². The molecule has 0 aliphatic heterocycles. The minimum atomic E-state index is -0.706. The van der Waals surface area contributed by atoms with Crippen LogP contribution in [0.2, 0.25) is 5.02 Å². The highest BCUT2D eigenvalue weighted by molar-refractivity contribution is 6.32. The third-order valence-corrected chi connectivity index (χ3v) is 4.13. The van der Waals surface area contributed by atoms with Gasteiger partial charge < -0.3 is 14.6 Å². The first-order chi connectivity index (χ1) is 12.6. The molecule has 0 saturated carbocycles. The van der Waals surface area contributed by atoms with Gasteiger partial charge in [-0.05, 0) is 23.3 Å². The van der Waals surface area contributed by atoms with Crippen molar-refractivity contribution in [2.75, 3.05) is 20.3 Å². The molecular formula is C20H22ClNO4. The van der Waals surface area contributed by atoms with Gasteiger partial charge >= 0.3 is 6.16 Å². The number of aromatic hydroxyl groups is 1. The molecule has 0 aliphatic rings. The van der Waals surface area contributed by atoms with Crippen LogP contribution in [0.25, 0.3) is 0 Å². The smallest absolute Gasteiger partial charge is 0.506 e. The number of phenolic OH excluding ortho intramolecular Hbond substituents is 1. The normalized spacial score (nSPS) is 11.0. The summed E-state index contributed by atoms with van der Waals surface area (Å²) in [5.41, 5.74) is 2.02. The molecule has 2 aromatic rings. The van der Waals surface area contributed by atoms with Crippen LogP contribution in [0.15, 0.2) is 60.7 Å². The summed E-state index contributed by atoms with van der Waals surface area (Å²) < 4.78 is 9.24. The Morgan fingerprint density at radius 2 is 1.88 bits per heavy atom. The molecule has 0 amide bonds. The fraction of sp³-hybridized carbons (Fsp3) is 0.250. The van der Waals surface area contributed by atoms with Crippen molar-refractivity contribution < 1.29 is 19.4 Å². The van der Waals surface area contributed by atoms with Crippen molar-refractivity contribution in [3.05, 3.63) is 76.8 Å². The minimum absolute atomic E-state index is 0.0749. The van der Waals surface area contributed by atoms with E-state index in [4.69, 9.17) is 16.3 Å². The molecule has 0 bridgehead atoms. The first-order valence-electron chi connectivity index (χ1n) is 8.18. The fourth-order valence-electron chi connectivity index (χ4n) is 2.42. The number of phenols is 1. The molecule has 2 aromatic carbocycles. The van der Waals surface area contributed by atoms with Crippen molar-refractivity contribution in [3.8, 4) is 5.75 Å². The Balaban J connectivity index is 2.02. The summed E-state index contributed by atoms with van der Waals surface area (Å²) in [5.74, 6) is 0.0749. The Morgan fingerprint density at radius 3 is 2.62 bits per heavy atom.